The molecule has 2 aromatic carbocycles. The van der Waals surface area contributed by atoms with Crippen LogP contribution in [0.2, 0.25) is 0 Å². The number of hydrogen-bond acceptors (Lipinski definition) is 6. The molecule has 8 nitrogen and oxygen atoms in total. The Bertz CT molecular complexity index is 1170. The normalized spacial score (nSPS) is 12.6. The lowest BCUT2D eigenvalue weighted by molar-refractivity contribution is -0.384. The van der Waals surface area contributed by atoms with Crippen molar-refractivity contribution in [3.8, 4) is 17.0 Å². The van der Waals surface area contributed by atoms with Gasteiger partial charge < -0.3 is 4.74 Å². The molecule has 0 fully saturated rings. The second-order valence-electron chi connectivity index (χ2n) is 6.37. The Balaban J connectivity index is 2.04. The van der Waals surface area contributed by atoms with Crippen LogP contribution in [-0.4, -0.2) is 26.9 Å². The van der Waals surface area contributed by atoms with Crippen molar-refractivity contribution >= 4 is 22.5 Å². The molecule has 1 aromatic heterocycles. The maximum Gasteiger partial charge on any atom is 0.277 e. The summed E-state index contributed by atoms with van der Waals surface area (Å²) in [5.41, 5.74) is 1.59. The van der Waals surface area contributed by atoms with Crippen LogP contribution in [0, 0.1) is 10.1 Å². The van der Waals surface area contributed by atoms with Gasteiger partial charge in [0.1, 0.15) is 29.4 Å². The van der Waals surface area contributed by atoms with Crippen molar-refractivity contribution in [3.63, 3.8) is 0 Å². The molecule has 0 amide bonds. The van der Waals surface area contributed by atoms with Gasteiger partial charge in [0.15, 0.2) is 0 Å². The second-order valence-corrected chi connectivity index (χ2v) is 6.37. The predicted molar refractivity (Wildman–Crippen MR) is 98.0 cm³/mol. The number of rotatable bonds is 4. The molecule has 0 unspecified atom stereocenters. The topological polar surface area (TPSA) is 104 Å². The lowest BCUT2D eigenvalue weighted by Crippen LogP contribution is -2.29. The highest BCUT2D eigenvalue weighted by Crippen LogP contribution is 2.30. The van der Waals surface area contributed by atoms with E-state index in [-0.39, 0.29) is 29.1 Å². The van der Waals surface area contributed by atoms with Crippen molar-refractivity contribution in [3.05, 3.63) is 62.4 Å². The molecule has 2 heterocycles. The van der Waals surface area contributed by atoms with Gasteiger partial charge in [0.05, 0.1) is 17.0 Å². The van der Waals surface area contributed by atoms with E-state index in [9.17, 15) is 19.7 Å². The van der Waals surface area contributed by atoms with Crippen molar-refractivity contribution < 1.29 is 14.5 Å². The molecule has 136 valence electrons. The number of ketones is 1. The van der Waals surface area contributed by atoms with Crippen molar-refractivity contribution in [2.24, 2.45) is 0 Å². The Kier molecular flexibility index (Phi) is 3.95. The van der Waals surface area contributed by atoms with Crippen LogP contribution in [-0.2, 0) is 17.8 Å². The number of carbonyl (C=O) groups excluding carboxylic acids is 1. The quantitative estimate of drug-likeness (QED) is 0.520. The number of nitro groups is 1. The summed E-state index contributed by atoms with van der Waals surface area (Å²) in [7, 11) is 0. The minimum absolute atomic E-state index is 0.0651. The zero-order valence-corrected chi connectivity index (χ0v) is 14.5. The number of ether oxygens (including phenoxy) is 1. The maximum absolute atomic E-state index is 13.1. The molecule has 0 N–H and O–H groups in total. The molecule has 0 radical (unpaired) electrons. The van der Waals surface area contributed by atoms with Crippen LogP contribution in [0.4, 0.5) is 5.69 Å². The molecule has 0 saturated heterocycles. The third-order valence-corrected chi connectivity index (χ3v) is 4.50. The largest absolute Gasteiger partial charge is 0.489 e. The van der Waals surface area contributed by atoms with Crippen LogP contribution in [0.1, 0.15) is 12.5 Å². The first-order valence-electron chi connectivity index (χ1n) is 8.39. The first kappa shape index (κ1) is 16.9. The van der Waals surface area contributed by atoms with Crippen LogP contribution in [0.3, 0.4) is 0 Å². The molecule has 4 rings (SSSR count). The number of non-ortho nitro benzene ring substituents is 1. The molecule has 0 saturated carbocycles. The average Bonchev–Trinajstić information content (AvgIpc) is 2.64. The maximum atomic E-state index is 13.1. The highest BCUT2D eigenvalue weighted by Gasteiger charge is 2.22. The Hall–Kier alpha value is -3.55. The molecular formula is C19H15N3O5. The summed E-state index contributed by atoms with van der Waals surface area (Å²) in [6.07, 6.45) is 0.0651. The minimum Gasteiger partial charge on any atom is -0.489 e. The van der Waals surface area contributed by atoms with Gasteiger partial charge in [-0.1, -0.05) is 12.1 Å². The van der Waals surface area contributed by atoms with Crippen LogP contribution >= 0.6 is 0 Å². The van der Waals surface area contributed by atoms with Gasteiger partial charge >= 0.3 is 0 Å². The number of aromatic nitrogens is 2. The predicted octanol–water partition coefficient (Wildman–Crippen LogP) is 2.50. The number of carbonyl (C=O) groups is 1. The molecule has 1 aliphatic heterocycles. The van der Waals surface area contributed by atoms with E-state index in [2.05, 4.69) is 4.98 Å². The average molecular weight is 365 g/mol. The van der Waals surface area contributed by atoms with Crippen LogP contribution < -0.4 is 10.3 Å². The van der Waals surface area contributed by atoms with E-state index >= 15 is 0 Å². The number of hydrogen-bond donors (Lipinski definition) is 0. The van der Waals surface area contributed by atoms with Crippen molar-refractivity contribution in [2.75, 3.05) is 6.61 Å². The Morgan fingerprint density at radius 1 is 1.33 bits per heavy atom. The molecule has 0 aliphatic carbocycles. The van der Waals surface area contributed by atoms with E-state index in [1.807, 2.05) is 0 Å². The van der Waals surface area contributed by atoms with E-state index < -0.39 is 4.92 Å². The smallest absolute Gasteiger partial charge is 0.277 e. The van der Waals surface area contributed by atoms with Crippen molar-refractivity contribution in [1.29, 1.82) is 0 Å². The van der Waals surface area contributed by atoms with Crippen LogP contribution in [0.15, 0.2) is 41.2 Å². The molecule has 3 aromatic rings. The highest BCUT2D eigenvalue weighted by atomic mass is 16.6. The Labute approximate surface area is 153 Å². The van der Waals surface area contributed by atoms with Gasteiger partial charge in [-0.05, 0) is 24.6 Å². The summed E-state index contributed by atoms with van der Waals surface area (Å²) in [4.78, 5) is 39.9. The first-order valence-corrected chi connectivity index (χ1v) is 8.39. The molecular weight excluding hydrogens is 350 g/mol. The summed E-state index contributed by atoms with van der Waals surface area (Å²) < 4.78 is 7.17. The Morgan fingerprint density at radius 3 is 2.89 bits per heavy atom. The van der Waals surface area contributed by atoms with Gasteiger partial charge in [0.25, 0.3) is 11.2 Å². The SMILES string of the molecule is CC(=O)Cc1ccc([N+](=O)[O-])cc1-c1nc2cccc3c2n(c1=O)CCO3. The number of nitrogens with zero attached hydrogens (tertiary/aromatic N) is 3. The zero-order valence-electron chi connectivity index (χ0n) is 14.5. The molecule has 0 bridgehead atoms. The summed E-state index contributed by atoms with van der Waals surface area (Å²) >= 11 is 0. The van der Waals surface area contributed by atoms with E-state index in [4.69, 9.17) is 4.74 Å². The van der Waals surface area contributed by atoms with E-state index in [0.717, 1.165) is 0 Å². The monoisotopic (exact) mass is 365 g/mol. The fourth-order valence-corrected chi connectivity index (χ4v) is 3.34. The third kappa shape index (κ3) is 2.84. The summed E-state index contributed by atoms with van der Waals surface area (Å²) in [6, 6.07) is 9.46. The van der Waals surface area contributed by atoms with Crippen molar-refractivity contribution in [2.45, 2.75) is 19.9 Å². The highest BCUT2D eigenvalue weighted by molar-refractivity contribution is 5.86. The minimum atomic E-state index is -0.532. The van der Waals surface area contributed by atoms with Crippen molar-refractivity contribution in [1.82, 2.24) is 9.55 Å². The zero-order chi connectivity index (χ0) is 19.1. The number of benzene rings is 2. The summed E-state index contributed by atoms with van der Waals surface area (Å²) in [5.74, 6) is 0.473. The standard InChI is InChI=1S/C19H15N3O5/c1-11(23)9-12-5-6-13(22(25)26)10-14(12)17-19(24)21-7-8-27-16-4-2-3-15(20-17)18(16)21/h2-6,10H,7-9H2,1H3. The van der Waals surface area contributed by atoms with Crippen LogP contribution in [0.25, 0.3) is 22.3 Å². The molecule has 0 atom stereocenters. The number of para-hydroxylation sites is 1. The number of Topliss-reactive ketones (excluding diaryl/α,β-unsaturated/α-hetero) is 1. The van der Waals surface area contributed by atoms with E-state index in [0.29, 0.717) is 41.1 Å². The Morgan fingerprint density at radius 2 is 2.15 bits per heavy atom. The second kappa shape index (κ2) is 6.31. The van der Waals surface area contributed by atoms with Gasteiger partial charge in [-0.25, -0.2) is 4.98 Å². The molecule has 1 aliphatic rings. The molecule has 0 spiro atoms. The van der Waals surface area contributed by atoms with Gasteiger partial charge in [0, 0.05) is 24.1 Å². The van der Waals surface area contributed by atoms with Gasteiger partial charge in [-0.15, -0.1) is 0 Å². The molecule has 8 heteroatoms. The summed E-state index contributed by atoms with van der Waals surface area (Å²) in [6.45, 7) is 2.14. The third-order valence-electron chi connectivity index (χ3n) is 4.50. The van der Waals surface area contributed by atoms with E-state index in [1.165, 1.54) is 25.1 Å². The number of nitro benzene ring substituents is 1. The van der Waals surface area contributed by atoms with Gasteiger partial charge in [-0.3, -0.25) is 24.3 Å². The summed E-state index contributed by atoms with van der Waals surface area (Å²) in [5, 5.41) is 11.2. The fraction of sp³-hybridized carbons (Fsp3) is 0.211. The first-order chi connectivity index (χ1) is 13.0. The molecule has 27 heavy (non-hydrogen) atoms. The van der Waals surface area contributed by atoms with Gasteiger partial charge in [0.2, 0.25) is 0 Å². The lowest BCUT2D eigenvalue weighted by Gasteiger charge is -2.20. The van der Waals surface area contributed by atoms with Crippen LogP contribution in [0.5, 0.6) is 5.75 Å². The van der Waals surface area contributed by atoms with Gasteiger partial charge in [-0.2, -0.15) is 0 Å². The van der Waals surface area contributed by atoms with E-state index in [1.54, 1.807) is 22.8 Å². The fourth-order valence-electron chi connectivity index (χ4n) is 3.34. The lowest BCUT2D eigenvalue weighted by atomic mass is 9.99.